The van der Waals surface area contributed by atoms with Crippen molar-refractivity contribution in [1.29, 1.82) is 0 Å². The standard InChI is InChI=1S/C13H14INO3/c1-2-12-10(5-6-18-12)15-13(17)8-3-4-9(14)11(16)7-8/h2-4,7,10,12,16H,1,5-6H2,(H,15,17)/t10-,12+/m1/s1. The normalized spacial score (nSPS) is 22.7. The molecule has 0 aliphatic carbocycles. The number of phenolic OH excluding ortho intramolecular Hbond substituents is 1. The minimum atomic E-state index is -0.205. The topological polar surface area (TPSA) is 58.6 Å². The summed E-state index contributed by atoms with van der Waals surface area (Å²) in [5, 5.41) is 12.5. The van der Waals surface area contributed by atoms with Crippen molar-refractivity contribution < 1.29 is 14.6 Å². The third-order valence-corrected chi connectivity index (χ3v) is 3.81. The third kappa shape index (κ3) is 2.84. The van der Waals surface area contributed by atoms with Crippen molar-refractivity contribution in [2.75, 3.05) is 6.61 Å². The van der Waals surface area contributed by atoms with Crippen LogP contribution in [0.3, 0.4) is 0 Å². The Labute approximate surface area is 119 Å². The Kier molecular flexibility index (Phi) is 4.23. The maximum Gasteiger partial charge on any atom is 0.251 e. The van der Waals surface area contributed by atoms with E-state index in [2.05, 4.69) is 11.9 Å². The molecule has 0 spiro atoms. The van der Waals surface area contributed by atoms with Gasteiger partial charge in [-0.3, -0.25) is 4.79 Å². The van der Waals surface area contributed by atoms with Crippen LogP contribution < -0.4 is 5.32 Å². The van der Waals surface area contributed by atoms with E-state index in [0.29, 0.717) is 12.2 Å². The van der Waals surface area contributed by atoms with Gasteiger partial charge in [-0.05, 0) is 47.2 Å². The van der Waals surface area contributed by atoms with E-state index in [9.17, 15) is 9.90 Å². The summed E-state index contributed by atoms with van der Waals surface area (Å²) in [6.45, 7) is 4.31. The smallest absolute Gasteiger partial charge is 0.251 e. The van der Waals surface area contributed by atoms with E-state index in [-0.39, 0.29) is 23.8 Å². The van der Waals surface area contributed by atoms with E-state index in [4.69, 9.17) is 4.74 Å². The fourth-order valence-electron chi connectivity index (χ4n) is 1.90. The predicted molar refractivity (Wildman–Crippen MR) is 76.6 cm³/mol. The zero-order chi connectivity index (χ0) is 13.1. The molecule has 18 heavy (non-hydrogen) atoms. The highest BCUT2D eigenvalue weighted by atomic mass is 127. The van der Waals surface area contributed by atoms with Crippen LogP contribution in [0.1, 0.15) is 16.8 Å². The number of hydrogen-bond acceptors (Lipinski definition) is 3. The Balaban J connectivity index is 2.07. The summed E-state index contributed by atoms with van der Waals surface area (Å²) in [6, 6.07) is 4.82. The second-order valence-corrected chi connectivity index (χ2v) is 5.27. The fraction of sp³-hybridized carbons (Fsp3) is 0.308. The molecule has 4 nitrogen and oxygen atoms in total. The van der Waals surface area contributed by atoms with E-state index < -0.39 is 0 Å². The number of nitrogens with one attached hydrogen (secondary N) is 1. The van der Waals surface area contributed by atoms with Crippen molar-refractivity contribution in [3.05, 3.63) is 40.0 Å². The average Bonchev–Trinajstić information content (AvgIpc) is 2.79. The number of benzene rings is 1. The molecule has 2 N–H and O–H groups in total. The van der Waals surface area contributed by atoms with Crippen LogP contribution in [-0.2, 0) is 4.74 Å². The van der Waals surface area contributed by atoms with Gasteiger partial charge in [-0.1, -0.05) is 6.08 Å². The van der Waals surface area contributed by atoms with Gasteiger partial charge in [0.25, 0.3) is 5.91 Å². The molecular weight excluding hydrogens is 345 g/mol. The molecule has 2 rings (SSSR count). The Morgan fingerprint density at radius 1 is 1.61 bits per heavy atom. The van der Waals surface area contributed by atoms with Crippen LogP contribution in [0.25, 0.3) is 0 Å². The van der Waals surface area contributed by atoms with Crippen molar-refractivity contribution in [2.24, 2.45) is 0 Å². The summed E-state index contributed by atoms with van der Waals surface area (Å²) in [6.07, 6.45) is 2.34. The second kappa shape index (κ2) is 5.71. The fourth-order valence-corrected chi connectivity index (χ4v) is 2.24. The molecule has 0 bridgehead atoms. The van der Waals surface area contributed by atoms with Crippen LogP contribution in [0.4, 0.5) is 0 Å². The number of carbonyl (C=O) groups excluding carboxylic acids is 1. The highest BCUT2D eigenvalue weighted by Gasteiger charge is 2.27. The minimum Gasteiger partial charge on any atom is -0.507 e. The first-order valence-corrected chi connectivity index (χ1v) is 6.73. The van der Waals surface area contributed by atoms with Gasteiger partial charge in [0.15, 0.2) is 0 Å². The molecular formula is C13H14INO3. The summed E-state index contributed by atoms with van der Waals surface area (Å²) in [5.41, 5.74) is 0.447. The molecule has 96 valence electrons. The maximum atomic E-state index is 12.0. The van der Waals surface area contributed by atoms with Crippen LogP contribution in [0.5, 0.6) is 5.75 Å². The van der Waals surface area contributed by atoms with E-state index in [1.165, 1.54) is 6.07 Å². The van der Waals surface area contributed by atoms with Gasteiger partial charge in [0.05, 0.1) is 15.7 Å². The van der Waals surface area contributed by atoms with Crippen molar-refractivity contribution in [2.45, 2.75) is 18.6 Å². The first kappa shape index (κ1) is 13.4. The summed E-state index contributed by atoms with van der Waals surface area (Å²) in [7, 11) is 0. The summed E-state index contributed by atoms with van der Waals surface area (Å²) in [4.78, 5) is 12.0. The van der Waals surface area contributed by atoms with Crippen LogP contribution in [0.15, 0.2) is 30.9 Å². The van der Waals surface area contributed by atoms with E-state index >= 15 is 0 Å². The molecule has 0 radical (unpaired) electrons. The van der Waals surface area contributed by atoms with Gasteiger partial charge in [0.1, 0.15) is 5.75 Å². The molecule has 0 aromatic heterocycles. The van der Waals surface area contributed by atoms with Gasteiger partial charge in [0.2, 0.25) is 0 Å². The first-order valence-electron chi connectivity index (χ1n) is 5.65. The molecule has 1 aromatic rings. The van der Waals surface area contributed by atoms with Crippen molar-refractivity contribution in [1.82, 2.24) is 5.32 Å². The molecule has 0 saturated carbocycles. The largest absolute Gasteiger partial charge is 0.507 e. The van der Waals surface area contributed by atoms with Crippen molar-refractivity contribution >= 4 is 28.5 Å². The maximum absolute atomic E-state index is 12.0. The molecule has 1 amide bonds. The molecule has 2 atom stereocenters. The van der Waals surface area contributed by atoms with Gasteiger partial charge in [-0.15, -0.1) is 6.58 Å². The van der Waals surface area contributed by atoms with Gasteiger partial charge < -0.3 is 15.2 Å². The lowest BCUT2D eigenvalue weighted by molar-refractivity contribution is 0.0900. The van der Waals surface area contributed by atoms with Crippen LogP contribution in [0.2, 0.25) is 0 Å². The Bertz CT molecular complexity index is 475. The molecule has 1 fully saturated rings. The number of carbonyl (C=O) groups is 1. The SMILES string of the molecule is C=C[C@@H]1OCC[C@H]1NC(=O)c1ccc(I)c(O)c1. The number of amides is 1. The lowest BCUT2D eigenvalue weighted by atomic mass is 10.1. The van der Waals surface area contributed by atoms with Crippen LogP contribution in [-0.4, -0.2) is 29.8 Å². The van der Waals surface area contributed by atoms with Gasteiger partial charge in [-0.25, -0.2) is 0 Å². The minimum absolute atomic E-state index is 0.0450. The van der Waals surface area contributed by atoms with Gasteiger partial charge in [0, 0.05) is 12.2 Å². The lowest BCUT2D eigenvalue weighted by Crippen LogP contribution is -2.39. The van der Waals surface area contributed by atoms with E-state index in [0.717, 1.165) is 9.99 Å². The monoisotopic (exact) mass is 359 g/mol. The van der Waals surface area contributed by atoms with Crippen LogP contribution in [0, 0.1) is 3.57 Å². The number of rotatable bonds is 3. The zero-order valence-corrected chi connectivity index (χ0v) is 11.9. The van der Waals surface area contributed by atoms with Gasteiger partial charge in [-0.2, -0.15) is 0 Å². The Morgan fingerprint density at radius 2 is 2.39 bits per heavy atom. The molecule has 5 heteroatoms. The number of hydrogen-bond donors (Lipinski definition) is 2. The van der Waals surface area contributed by atoms with Crippen molar-refractivity contribution in [3.8, 4) is 5.75 Å². The lowest BCUT2D eigenvalue weighted by Gasteiger charge is -2.16. The molecule has 1 aliphatic rings. The average molecular weight is 359 g/mol. The Hall–Kier alpha value is -1.08. The van der Waals surface area contributed by atoms with Crippen LogP contribution >= 0.6 is 22.6 Å². The summed E-state index contributed by atoms with van der Waals surface area (Å²) >= 11 is 2.01. The first-order chi connectivity index (χ1) is 8.61. The summed E-state index contributed by atoms with van der Waals surface area (Å²) in [5.74, 6) is -0.0877. The second-order valence-electron chi connectivity index (χ2n) is 4.11. The predicted octanol–water partition coefficient (Wildman–Crippen LogP) is 2.07. The van der Waals surface area contributed by atoms with Gasteiger partial charge >= 0.3 is 0 Å². The Morgan fingerprint density at radius 3 is 3.06 bits per heavy atom. The molecule has 1 aromatic carbocycles. The molecule has 1 aliphatic heterocycles. The van der Waals surface area contributed by atoms with E-state index in [1.807, 2.05) is 22.6 Å². The quantitative estimate of drug-likeness (QED) is 0.642. The molecule has 0 unspecified atom stereocenters. The number of aromatic hydroxyl groups is 1. The summed E-state index contributed by atoms with van der Waals surface area (Å²) < 4.78 is 6.13. The number of ether oxygens (including phenoxy) is 1. The van der Waals surface area contributed by atoms with Crippen molar-refractivity contribution in [3.63, 3.8) is 0 Å². The number of phenols is 1. The molecule has 1 heterocycles. The highest BCUT2D eigenvalue weighted by molar-refractivity contribution is 14.1. The van der Waals surface area contributed by atoms with E-state index in [1.54, 1.807) is 18.2 Å². The highest BCUT2D eigenvalue weighted by Crippen LogP contribution is 2.21. The zero-order valence-electron chi connectivity index (χ0n) is 9.73. The molecule has 1 saturated heterocycles. The third-order valence-electron chi connectivity index (χ3n) is 2.89. The number of halogens is 1.